The number of halogens is 2. The highest BCUT2D eigenvalue weighted by Crippen LogP contribution is 2.20. The van der Waals surface area contributed by atoms with Crippen molar-refractivity contribution in [1.29, 1.82) is 0 Å². The van der Waals surface area contributed by atoms with Gasteiger partial charge in [-0.25, -0.2) is 9.37 Å². The molecule has 5 nitrogen and oxygen atoms in total. The lowest BCUT2D eigenvalue weighted by Gasteiger charge is -2.15. The molecule has 0 spiro atoms. The fraction of sp³-hybridized carbons (Fsp3) is 0.238. The fourth-order valence-electron chi connectivity index (χ4n) is 2.63. The molecule has 0 atom stereocenters. The Balaban J connectivity index is 1.60. The lowest BCUT2D eigenvalue weighted by molar-refractivity contribution is 0.0779. The summed E-state index contributed by atoms with van der Waals surface area (Å²) in [6.07, 6.45) is 2.18. The van der Waals surface area contributed by atoms with Gasteiger partial charge in [0, 0.05) is 13.6 Å². The maximum Gasteiger partial charge on any atom is 0.275 e. The molecule has 0 aliphatic heterocycles. The molecule has 3 aromatic rings. The first-order chi connectivity index (χ1) is 13.5. The number of benzene rings is 2. The zero-order valence-electron chi connectivity index (χ0n) is 15.6. The van der Waals surface area contributed by atoms with Crippen LogP contribution < -0.4 is 4.74 Å². The SMILES string of the molecule is CCc1ccc(CN(C)C(=O)c2coc(COc3cccc(F)c3F)n2)cc1. The number of aromatic nitrogens is 1. The fourth-order valence-corrected chi connectivity index (χ4v) is 2.63. The number of oxazole rings is 1. The normalized spacial score (nSPS) is 10.7. The average Bonchev–Trinajstić information content (AvgIpc) is 3.18. The molecule has 0 aliphatic rings. The van der Waals surface area contributed by atoms with Gasteiger partial charge in [-0.15, -0.1) is 0 Å². The molecule has 7 heteroatoms. The Morgan fingerprint density at radius 1 is 1.14 bits per heavy atom. The number of ether oxygens (including phenoxy) is 1. The van der Waals surface area contributed by atoms with Crippen molar-refractivity contribution in [3.63, 3.8) is 0 Å². The predicted octanol–water partition coefficient (Wildman–Crippen LogP) is 4.37. The van der Waals surface area contributed by atoms with E-state index < -0.39 is 11.6 Å². The summed E-state index contributed by atoms with van der Waals surface area (Å²) in [6.45, 7) is 2.28. The molecule has 0 N–H and O–H groups in total. The second kappa shape index (κ2) is 8.65. The van der Waals surface area contributed by atoms with E-state index in [0.717, 1.165) is 18.1 Å². The molecule has 0 radical (unpaired) electrons. The highest BCUT2D eigenvalue weighted by Gasteiger charge is 2.18. The van der Waals surface area contributed by atoms with Gasteiger partial charge in [-0.2, -0.15) is 4.39 Å². The zero-order valence-corrected chi connectivity index (χ0v) is 15.6. The number of rotatable bonds is 7. The maximum absolute atomic E-state index is 13.6. The molecule has 0 fully saturated rings. The van der Waals surface area contributed by atoms with Gasteiger partial charge in [0.1, 0.15) is 6.26 Å². The second-order valence-electron chi connectivity index (χ2n) is 6.30. The van der Waals surface area contributed by atoms with Crippen LogP contribution in [0.15, 0.2) is 53.1 Å². The summed E-state index contributed by atoms with van der Waals surface area (Å²) in [5, 5.41) is 0. The number of hydrogen-bond donors (Lipinski definition) is 0. The van der Waals surface area contributed by atoms with E-state index >= 15 is 0 Å². The summed E-state index contributed by atoms with van der Waals surface area (Å²) in [6, 6.07) is 11.7. The van der Waals surface area contributed by atoms with E-state index in [1.54, 1.807) is 7.05 Å². The van der Waals surface area contributed by atoms with Crippen molar-refractivity contribution >= 4 is 5.91 Å². The van der Waals surface area contributed by atoms with Gasteiger partial charge in [-0.1, -0.05) is 37.3 Å². The highest BCUT2D eigenvalue weighted by atomic mass is 19.2. The first-order valence-corrected chi connectivity index (χ1v) is 8.82. The Bertz CT molecular complexity index is 955. The number of aryl methyl sites for hydroxylation is 1. The van der Waals surface area contributed by atoms with Crippen LogP contribution in [0, 0.1) is 11.6 Å². The van der Waals surface area contributed by atoms with E-state index in [4.69, 9.17) is 9.15 Å². The van der Waals surface area contributed by atoms with Gasteiger partial charge in [0.05, 0.1) is 0 Å². The number of hydrogen-bond acceptors (Lipinski definition) is 4. The van der Waals surface area contributed by atoms with Crippen LogP contribution in [0.3, 0.4) is 0 Å². The second-order valence-corrected chi connectivity index (χ2v) is 6.30. The third kappa shape index (κ3) is 4.54. The van der Waals surface area contributed by atoms with Crippen molar-refractivity contribution in [2.24, 2.45) is 0 Å². The molecule has 1 aromatic heterocycles. The number of amides is 1. The van der Waals surface area contributed by atoms with Crippen LogP contribution in [0.2, 0.25) is 0 Å². The molecule has 0 unspecified atom stereocenters. The molecule has 0 saturated carbocycles. The topological polar surface area (TPSA) is 55.6 Å². The van der Waals surface area contributed by atoms with Gasteiger partial charge >= 0.3 is 0 Å². The summed E-state index contributed by atoms with van der Waals surface area (Å²) < 4.78 is 37.2. The van der Waals surface area contributed by atoms with E-state index in [9.17, 15) is 13.6 Å². The molecule has 146 valence electrons. The van der Waals surface area contributed by atoms with E-state index in [1.165, 1.54) is 28.9 Å². The lowest BCUT2D eigenvalue weighted by atomic mass is 10.1. The molecule has 2 aromatic carbocycles. The summed E-state index contributed by atoms with van der Waals surface area (Å²) in [5.74, 6) is -2.56. The van der Waals surface area contributed by atoms with E-state index in [1.807, 2.05) is 24.3 Å². The molecule has 0 bridgehead atoms. The molecular formula is C21H20F2N2O3. The first-order valence-electron chi connectivity index (χ1n) is 8.82. The smallest absolute Gasteiger partial charge is 0.275 e. The number of carbonyl (C=O) groups is 1. The Morgan fingerprint density at radius 2 is 1.86 bits per heavy atom. The summed E-state index contributed by atoms with van der Waals surface area (Å²) in [7, 11) is 1.67. The predicted molar refractivity (Wildman–Crippen MR) is 98.8 cm³/mol. The van der Waals surface area contributed by atoms with Crippen LogP contribution in [-0.2, 0) is 19.6 Å². The number of nitrogens with zero attached hydrogens (tertiary/aromatic N) is 2. The largest absolute Gasteiger partial charge is 0.481 e. The van der Waals surface area contributed by atoms with Gasteiger partial charge < -0.3 is 14.1 Å². The Kier molecular flexibility index (Phi) is 6.03. The molecule has 3 rings (SSSR count). The Morgan fingerprint density at radius 3 is 2.57 bits per heavy atom. The van der Waals surface area contributed by atoms with Crippen LogP contribution in [-0.4, -0.2) is 22.8 Å². The third-order valence-electron chi connectivity index (χ3n) is 4.24. The van der Waals surface area contributed by atoms with Crippen LogP contribution >= 0.6 is 0 Å². The molecule has 0 saturated heterocycles. The van der Waals surface area contributed by atoms with Crippen molar-refractivity contribution in [3.8, 4) is 5.75 Å². The van der Waals surface area contributed by atoms with Gasteiger partial charge in [-0.05, 0) is 29.7 Å². The standard InChI is InChI=1S/C21H20F2N2O3/c1-3-14-7-9-15(10-8-14)11-25(2)21(26)17-12-28-19(24-17)13-27-18-6-4-5-16(22)20(18)23/h4-10,12H,3,11,13H2,1-2H3. The van der Waals surface area contributed by atoms with Crippen LogP contribution in [0.1, 0.15) is 34.4 Å². The van der Waals surface area contributed by atoms with Crippen molar-refractivity contribution < 1.29 is 22.7 Å². The summed E-state index contributed by atoms with van der Waals surface area (Å²) >= 11 is 0. The van der Waals surface area contributed by atoms with Crippen LogP contribution in [0.5, 0.6) is 5.75 Å². The minimum Gasteiger partial charge on any atom is -0.481 e. The average molecular weight is 386 g/mol. The Hall–Kier alpha value is -3.22. The first kappa shape index (κ1) is 19.5. The quantitative estimate of drug-likeness (QED) is 0.605. The monoisotopic (exact) mass is 386 g/mol. The molecule has 28 heavy (non-hydrogen) atoms. The summed E-state index contributed by atoms with van der Waals surface area (Å²) in [4.78, 5) is 18.1. The van der Waals surface area contributed by atoms with E-state index in [2.05, 4.69) is 11.9 Å². The van der Waals surface area contributed by atoms with Crippen molar-refractivity contribution in [3.05, 3.63) is 83.1 Å². The lowest BCUT2D eigenvalue weighted by Crippen LogP contribution is -2.26. The van der Waals surface area contributed by atoms with Crippen molar-refractivity contribution in [2.75, 3.05) is 7.05 Å². The van der Waals surface area contributed by atoms with Gasteiger partial charge in [0.2, 0.25) is 11.7 Å². The Labute approximate surface area is 161 Å². The van der Waals surface area contributed by atoms with Gasteiger partial charge in [-0.3, -0.25) is 4.79 Å². The van der Waals surface area contributed by atoms with Crippen LogP contribution in [0.4, 0.5) is 8.78 Å². The van der Waals surface area contributed by atoms with Crippen molar-refractivity contribution in [2.45, 2.75) is 26.5 Å². The zero-order chi connectivity index (χ0) is 20.1. The van der Waals surface area contributed by atoms with Crippen molar-refractivity contribution in [1.82, 2.24) is 9.88 Å². The minimum absolute atomic E-state index is 0.0905. The molecular weight excluding hydrogens is 366 g/mol. The van der Waals surface area contributed by atoms with Gasteiger partial charge in [0.25, 0.3) is 5.91 Å². The summed E-state index contributed by atoms with van der Waals surface area (Å²) in [5.41, 5.74) is 2.35. The third-order valence-corrected chi connectivity index (χ3v) is 4.24. The molecule has 0 aliphatic carbocycles. The molecule has 1 amide bonds. The van der Waals surface area contributed by atoms with Gasteiger partial charge in [0.15, 0.2) is 23.9 Å². The molecule has 1 heterocycles. The maximum atomic E-state index is 13.6. The van der Waals surface area contributed by atoms with Crippen LogP contribution in [0.25, 0.3) is 0 Å². The van der Waals surface area contributed by atoms with E-state index in [0.29, 0.717) is 6.54 Å². The van der Waals surface area contributed by atoms with E-state index in [-0.39, 0.29) is 29.8 Å². The highest BCUT2D eigenvalue weighted by molar-refractivity contribution is 5.91. The minimum atomic E-state index is -1.08. The number of carbonyl (C=O) groups excluding carboxylic acids is 1.